The van der Waals surface area contributed by atoms with Gasteiger partial charge in [0, 0.05) is 31.7 Å². The molecule has 7 heteroatoms. The second kappa shape index (κ2) is 8.81. The van der Waals surface area contributed by atoms with Gasteiger partial charge in [-0.15, -0.1) is 0 Å². The fourth-order valence-corrected chi connectivity index (χ4v) is 4.28. The third-order valence-corrected chi connectivity index (χ3v) is 6.31. The third-order valence-electron chi connectivity index (χ3n) is 6.31. The fourth-order valence-electron chi connectivity index (χ4n) is 4.28. The van der Waals surface area contributed by atoms with Gasteiger partial charge in [0.05, 0.1) is 11.1 Å². The average molecular weight is 448 g/mol. The first-order valence-corrected chi connectivity index (χ1v) is 11.3. The first-order valence-electron chi connectivity index (χ1n) is 11.3. The van der Waals surface area contributed by atoms with Crippen molar-refractivity contribution in [3.05, 3.63) is 70.8 Å². The predicted octanol–water partition coefficient (Wildman–Crippen LogP) is 2.95. The zero-order valence-corrected chi connectivity index (χ0v) is 19.3. The standard InChI is InChI=1S/C26H29N3O4/c1-26(2,3)19-11-9-18(10-12-19)23(31)28-14-6-13-27(15-16-28)22(30)17-29-24(32)20-7-4-5-8-21(20)25(29)33/h4-5,7-12H,6,13-17H2,1-3H3. The smallest absolute Gasteiger partial charge is 0.262 e. The van der Waals surface area contributed by atoms with E-state index in [9.17, 15) is 19.2 Å². The van der Waals surface area contributed by atoms with E-state index in [1.807, 2.05) is 24.3 Å². The molecule has 7 nitrogen and oxygen atoms in total. The van der Waals surface area contributed by atoms with Crippen molar-refractivity contribution in [2.24, 2.45) is 0 Å². The van der Waals surface area contributed by atoms with Crippen molar-refractivity contribution >= 4 is 23.6 Å². The normalized spacial score (nSPS) is 16.6. The second-order valence-electron chi connectivity index (χ2n) is 9.60. The summed E-state index contributed by atoms with van der Waals surface area (Å²) >= 11 is 0. The molecule has 0 saturated carbocycles. The highest BCUT2D eigenvalue weighted by Gasteiger charge is 2.37. The van der Waals surface area contributed by atoms with Crippen LogP contribution < -0.4 is 0 Å². The summed E-state index contributed by atoms with van der Waals surface area (Å²) in [5.41, 5.74) is 2.49. The summed E-state index contributed by atoms with van der Waals surface area (Å²) in [4.78, 5) is 55.4. The van der Waals surface area contributed by atoms with Crippen LogP contribution in [-0.2, 0) is 10.2 Å². The van der Waals surface area contributed by atoms with E-state index in [1.54, 1.807) is 34.1 Å². The molecule has 0 spiro atoms. The molecule has 1 saturated heterocycles. The number of fused-ring (bicyclic) bond motifs is 1. The van der Waals surface area contributed by atoms with Gasteiger partial charge >= 0.3 is 0 Å². The predicted molar refractivity (Wildman–Crippen MR) is 124 cm³/mol. The van der Waals surface area contributed by atoms with Gasteiger partial charge in [-0.25, -0.2) is 0 Å². The molecule has 4 amide bonds. The molecule has 2 aromatic rings. The molecule has 1 fully saturated rings. The molecule has 33 heavy (non-hydrogen) atoms. The van der Waals surface area contributed by atoms with Gasteiger partial charge in [0.2, 0.25) is 5.91 Å². The highest BCUT2D eigenvalue weighted by molar-refractivity contribution is 6.22. The molecule has 2 heterocycles. The van der Waals surface area contributed by atoms with Crippen LogP contribution in [0.5, 0.6) is 0 Å². The average Bonchev–Trinajstić information content (AvgIpc) is 2.96. The van der Waals surface area contributed by atoms with Crippen LogP contribution in [0, 0.1) is 0 Å². The van der Waals surface area contributed by atoms with Crippen molar-refractivity contribution < 1.29 is 19.2 Å². The molecular formula is C26H29N3O4. The van der Waals surface area contributed by atoms with Gasteiger partial charge in [-0.05, 0) is 41.7 Å². The minimum absolute atomic E-state index is 0.0184. The zero-order chi connectivity index (χ0) is 23.8. The number of benzene rings is 2. The van der Waals surface area contributed by atoms with E-state index in [4.69, 9.17) is 0 Å². The Kier molecular flexibility index (Phi) is 6.06. The van der Waals surface area contributed by atoms with Crippen LogP contribution in [0.15, 0.2) is 48.5 Å². The van der Waals surface area contributed by atoms with Gasteiger partial charge in [-0.2, -0.15) is 0 Å². The number of hydrogen-bond donors (Lipinski definition) is 0. The van der Waals surface area contributed by atoms with Crippen LogP contribution in [0.25, 0.3) is 0 Å². The summed E-state index contributed by atoms with van der Waals surface area (Å²) in [5.74, 6) is -1.21. The van der Waals surface area contributed by atoms with Crippen LogP contribution in [-0.4, -0.2) is 71.1 Å². The zero-order valence-electron chi connectivity index (χ0n) is 19.3. The van der Waals surface area contributed by atoms with Crippen molar-refractivity contribution in [3.8, 4) is 0 Å². The lowest BCUT2D eigenvalue weighted by Gasteiger charge is -2.24. The van der Waals surface area contributed by atoms with Crippen molar-refractivity contribution in [1.29, 1.82) is 0 Å². The van der Waals surface area contributed by atoms with Crippen LogP contribution in [0.1, 0.15) is 63.8 Å². The quantitative estimate of drug-likeness (QED) is 0.678. The molecule has 0 N–H and O–H groups in total. The van der Waals surface area contributed by atoms with Gasteiger partial charge in [-0.3, -0.25) is 24.1 Å². The molecule has 0 aliphatic carbocycles. The highest BCUT2D eigenvalue weighted by atomic mass is 16.2. The van der Waals surface area contributed by atoms with Crippen LogP contribution >= 0.6 is 0 Å². The lowest BCUT2D eigenvalue weighted by molar-refractivity contribution is -0.131. The molecule has 2 aliphatic heterocycles. The lowest BCUT2D eigenvalue weighted by Crippen LogP contribution is -2.44. The van der Waals surface area contributed by atoms with Gasteiger partial charge in [0.25, 0.3) is 17.7 Å². The number of hydrogen-bond acceptors (Lipinski definition) is 4. The fraction of sp³-hybridized carbons (Fsp3) is 0.385. The largest absolute Gasteiger partial charge is 0.339 e. The maximum absolute atomic E-state index is 13.0. The van der Waals surface area contributed by atoms with E-state index in [-0.39, 0.29) is 23.8 Å². The van der Waals surface area contributed by atoms with Crippen molar-refractivity contribution in [1.82, 2.24) is 14.7 Å². The first-order chi connectivity index (χ1) is 15.7. The minimum Gasteiger partial charge on any atom is -0.339 e. The maximum atomic E-state index is 13.0. The number of carbonyl (C=O) groups excluding carboxylic acids is 4. The van der Waals surface area contributed by atoms with Crippen LogP contribution in [0.2, 0.25) is 0 Å². The summed E-state index contributed by atoms with van der Waals surface area (Å²) < 4.78 is 0. The Labute approximate surface area is 194 Å². The molecule has 0 aromatic heterocycles. The molecule has 172 valence electrons. The maximum Gasteiger partial charge on any atom is 0.262 e. The van der Waals surface area contributed by atoms with Crippen molar-refractivity contribution in [3.63, 3.8) is 0 Å². The molecular weight excluding hydrogens is 418 g/mol. The van der Waals surface area contributed by atoms with E-state index in [0.29, 0.717) is 49.3 Å². The van der Waals surface area contributed by atoms with Crippen molar-refractivity contribution in [2.75, 3.05) is 32.7 Å². The van der Waals surface area contributed by atoms with Crippen LogP contribution in [0.4, 0.5) is 0 Å². The first kappa shape index (κ1) is 22.7. The summed E-state index contributed by atoms with van der Waals surface area (Å²) in [6.07, 6.45) is 0.639. The van der Waals surface area contributed by atoms with Gasteiger partial charge in [0.1, 0.15) is 6.54 Å². The van der Waals surface area contributed by atoms with Gasteiger partial charge in [-0.1, -0.05) is 45.0 Å². The molecule has 0 unspecified atom stereocenters. The number of carbonyl (C=O) groups is 4. The third kappa shape index (κ3) is 4.53. The van der Waals surface area contributed by atoms with E-state index in [2.05, 4.69) is 20.8 Å². The Bertz CT molecular complexity index is 1070. The minimum atomic E-state index is -0.436. The topological polar surface area (TPSA) is 78.0 Å². The molecule has 0 atom stereocenters. The summed E-state index contributed by atoms with van der Waals surface area (Å²) in [6.45, 7) is 7.92. The highest BCUT2D eigenvalue weighted by Crippen LogP contribution is 2.24. The Balaban J connectivity index is 1.37. The van der Waals surface area contributed by atoms with Gasteiger partial charge in [0.15, 0.2) is 0 Å². The summed E-state index contributed by atoms with van der Waals surface area (Å²) in [7, 11) is 0. The van der Waals surface area contributed by atoms with E-state index < -0.39 is 11.8 Å². The Morgan fingerprint density at radius 3 is 1.91 bits per heavy atom. The summed E-state index contributed by atoms with van der Waals surface area (Å²) in [5, 5.41) is 0. The number of amides is 4. The van der Waals surface area contributed by atoms with Crippen LogP contribution in [0.3, 0.4) is 0 Å². The number of nitrogens with zero attached hydrogens (tertiary/aromatic N) is 3. The molecule has 0 radical (unpaired) electrons. The SMILES string of the molecule is CC(C)(C)c1ccc(C(=O)N2CCCN(C(=O)CN3C(=O)c4ccccc4C3=O)CC2)cc1. The Hall–Kier alpha value is -3.48. The lowest BCUT2D eigenvalue weighted by atomic mass is 9.86. The van der Waals surface area contributed by atoms with E-state index in [1.165, 1.54) is 5.56 Å². The molecule has 2 aromatic carbocycles. The Morgan fingerprint density at radius 1 is 0.788 bits per heavy atom. The number of imide groups is 1. The molecule has 2 aliphatic rings. The van der Waals surface area contributed by atoms with E-state index >= 15 is 0 Å². The summed E-state index contributed by atoms with van der Waals surface area (Å²) in [6, 6.07) is 14.3. The monoisotopic (exact) mass is 447 g/mol. The Morgan fingerprint density at radius 2 is 1.33 bits per heavy atom. The second-order valence-corrected chi connectivity index (χ2v) is 9.60. The molecule has 4 rings (SSSR count). The van der Waals surface area contributed by atoms with E-state index in [0.717, 1.165) is 4.90 Å². The number of rotatable bonds is 3. The molecule has 0 bridgehead atoms. The van der Waals surface area contributed by atoms with Crippen molar-refractivity contribution in [2.45, 2.75) is 32.6 Å². The van der Waals surface area contributed by atoms with Gasteiger partial charge < -0.3 is 9.80 Å².